The minimum Gasteiger partial charge on any atom is -0.0885 e. The number of hydrogen-bond donors (Lipinski definition) is 0. The number of allylic oxidation sites excluding steroid dienone is 2. The molecule has 0 aliphatic heterocycles. The average Bonchev–Trinajstić information content (AvgIpc) is 2.27. The molecular weight excluding hydrogens is 180 g/mol. The van der Waals surface area contributed by atoms with Gasteiger partial charge in [-0.25, -0.2) is 0 Å². The molecule has 0 aromatic heterocycles. The number of hydrogen-bond acceptors (Lipinski definition) is 0. The van der Waals surface area contributed by atoms with Gasteiger partial charge in [0.2, 0.25) is 0 Å². The number of unbranched alkanes of at least 4 members (excludes halogenated alkanes) is 6. The van der Waals surface area contributed by atoms with Crippen LogP contribution >= 0.6 is 0 Å². The van der Waals surface area contributed by atoms with Crippen LogP contribution in [0.1, 0.15) is 85.0 Å². The van der Waals surface area contributed by atoms with Gasteiger partial charge in [0.25, 0.3) is 0 Å². The molecule has 0 fully saturated rings. The first-order valence-electron chi connectivity index (χ1n) is 6.99. The molecule has 0 N–H and O–H groups in total. The quantitative estimate of drug-likeness (QED) is 0.312. The molecule has 0 spiro atoms. The molecule has 0 radical (unpaired) electrons. The third-order valence-electron chi connectivity index (χ3n) is 3.11. The summed E-state index contributed by atoms with van der Waals surface area (Å²) in [7, 11) is 0. The van der Waals surface area contributed by atoms with Gasteiger partial charge in [0.05, 0.1) is 0 Å². The molecule has 0 heteroatoms. The van der Waals surface area contributed by atoms with Crippen molar-refractivity contribution in [2.45, 2.75) is 85.0 Å². The van der Waals surface area contributed by atoms with Crippen LogP contribution in [0.25, 0.3) is 0 Å². The Bertz CT molecular complexity index is 130. The van der Waals surface area contributed by atoms with Gasteiger partial charge in [-0.05, 0) is 32.6 Å². The van der Waals surface area contributed by atoms with E-state index in [1.807, 2.05) is 0 Å². The maximum Gasteiger partial charge on any atom is -0.0320 e. The second-order valence-electron chi connectivity index (χ2n) is 4.57. The van der Waals surface area contributed by atoms with Crippen LogP contribution in [0.3, 0.4) is 0 Å². The summed E-state index contributed by atoms with van der Waals surface area (Å²) < 4.78 is 0. The highest BCUT2D eigenvalue weighted by atomic mass is 14.0. The van der Waals surface area contributed by atoms with E-state index in [1.54, 1.807) is 5.57 Å². The summed E-state index contributed by atoms with van der Waals surface area (Å²) in [6.07, 6.45) is 16.2. The third kappa shape index (κ3) is 10.0. The Morgan fingerprint density at radius 1 is 0.733 bits per heavy atom. The summed E-state index contributed by atoms with van der Waals surface area (Å²) in [5.41, 5.74) is 1.70. The van der Waals surface area contributed by atoms with E-state index in [0.717, 1.165) is 0 Å². The van der Waals surface area contributed by atoms with Gasteiger partial charge in [-0.3, -0.25) is 0 Å². The first-order chi connectivity index (χ1) is 7.35. The van der Waals surface area contributed by atoms with Crippen LogP contribution in [0.2, 0.25) is 0 Å². The van der Waals surface area contributed by atoms with Crippen molar-refractivity contribution in [2.75, 3.05) is 0 Å². The van der Waals surface area contributed by atoms with Gasteiger partial charge in [-0.15, -0.1) is 0 Å². The fraction of sp³-hybridized carbons (Fsp3) is 0.867. The molecule has 0 amide bonds. The summed E-state index contributed by atoms with van der Waals surface area (Å²) in [4.78, 5) is 0. The second-order valence-corrected chi connectivity index (χ2v) is 4.57. The summed E-state index contributed by atoms with van der Waals surface area (Å²) in [5.74, 6) is 0. The van der Waals surface area contributed by atoms with Crippen LogP contribution in [-0.4, -0.2) is 0 Å². The normalized spacial score (nSPS) is 10.3. The summed E-state index contributed by atoms with van der Waals surface area (Å²) in [5, 5.41) is 0. The lowest BCUT2D eigenvalue weighted by Gasteiger charge is -2.06. The molecule has 0 unspecified atom stereocenters. The van der Waals surface area contributed by atoms with Gasteiger partial charge in [0, 0.05) is 0 Å². The highest BCUT2D eigenvalue weighted by Crippen LogP contribution is 2.17. The molecule has 0 aliphatic rings. The Morgan fingerprint density at radius 2 is 1.20 bits per heavy atom. The van der Waals surface area contributed by atoms with Crippen molar-refractivity contribution in [3.63, 3.8) is 0 Å². The molecule has 0 bridgehead atoms. The van der Waals surface area contributed by atoms with Crippen LogP contribution in [0.4, 0.5) is 0 Å². The van der Waals surface area contributed by atoms with E-state index in [9.17, 15) is 0 Å². The van der Waals surface area contributed by atoms with Crippen molar-refractivity contribution in [3.8, 4) is 0 Å². The molecule has 0 rings (SSSR count). The van der Waals surface area contributed by atoms with Crippen LogP contribution in [0.5, 0.6) is 0 Å². The Balaban J connectivity index is 3.39. The van der Waals surface area contributed by atoms with E-state index in [1.165, 1.54) is 64.2 Å². The minimum absolute atomic E-state index is 1.35. The van der Waals surface area contributed by atoms with Crippen molar-refractivity contribution in [2.24, 2.45) is 0 Å². The van der Waals surface area contributed by atoms with Gasteiger partial charge in [-0.2, -0.15) is 0 Å². The van der Waals surface area contributed by atoms with E-state index in [-0.39, 0.29) is 0 Å². The molecule has 90 valence electrons. The summed E-state index contributed by atoms with van der Waals surface area (Å²) in [6.45, 7) is 6.76. The topological polar surface area (TPSA) is 0 Å². The van der Waals surface area contributed by atoms with Crippen molar-refractivity contribution < 1.29 is 0 Å². The van der Waals surface area contributed by atoms with Gasteiger partial charge in [0.15, 0.2) is 0 Å². The monoisotopic (exact) mass is 210 g/mol. The molecule has 0 heterocycles. The molecule has 0 aliphatic carbocycles. The van der Waals surface area contributed by atoms with Crippen molar-refractivity contribution in [1.29, 1.82) is 0 Å². The Kier molecular flexibility index (Phi) is 11.6. The zero-order valence-electron chi connectivity index (χ0n) is 11.1. The van der Waals surface area contributed by atoms with Crippen LogP contribution in [0, 0.1) is 0 Å². The zero-order valence-corrected chi connectivity index (χ0v) is 11.1. The average molecular weight is 210 g/mol. The fourth-order valence-corrected chi connectivity index (χ4v) is 1.97. The predicted octanol–water partition coefficient (Wildman–Crippen LogP) is 5.87. The lowest BCUT2D eigenvalue weighted by molar-refractivity contribution is 0.624. The van der Waals surface area contributed by atoms with E-state index < -0.39 is 0 Å². The fourth-order valence-electron chi connectivity index (χ4n) is 1.97. The largest absolute Gasteiger partial charge is 0.0885 e. The SMILES string of the molecule is CC=C(CCCCCC)CCCCCC. The molecule has 0 aromatic carbocycles. The van der Waals surface area contributed by atoms with Crippen molar-refractivity contribution in [3.05, 3.63) is 11.6 Å². The molecule has 0 saturated carbocycles. The molecule has 0 saturated heterocycles. The first kappa shape index (κ1) is 14.7. The smallest absolute Gasteiger partial charge is 0.0320 e. The van der Waals surface area contributed by atoms with E-state index in [0.29, 0.717) is 0 Å². The third-order valence-corrected chi connectivity index (χ3v) is 3.11. The Labute approximate surface area is 97.2 Å². The van der Waals surface area contributed by atoms with Crippen molar-refractivity contribution >= 4 is 0 Å². The first-order valence-corrected chi connectivity index (χ1v) is 6.99. The summed E-state index contributed by atoms with van der Waals surface area (Å²) >= 11 is 0. The Morgan fingerprint density at radius 3 is 1.53 bits per heavy atom. The maximum absolute atomic E-state index is 2.35. The van der Waals surface area contributed by atoms with Gasteiger partial charge in [-0.1, -0.05) is 64.0 Å². The molecule has 0 nitrogen and oxygen atoms in total. The van der Waals surface area contributed by atoms with E-state index in [4.69, 9.17) is 0 Å². The van der Waals surface area contributed by atoms with Crippen LogP contribution in [-0.2, 0) is 0 Å². The lowest BCUT2D eigenvalue weighted by Crippen LogP contribution is -1.86. The molecule has 0 atom stereocenters. The summed E-state index contributed by atoms with van der Waals surface area (Å²) in [6, 6.07) is 0. The van der Waals surface area contributed by atoms with E-state index >= 15 is 0 Å². The Hall–Kier alpha value is -0.260. The second kappa shape index (κ2) is 11.8. The molecular formula is C15H30. The van der Waals surface area contributed by atoms with Gasteiger partial charge in [0.1, 0.15) is 0 Å². The highest BCUT2D eigenvalue weighted by Gasteiger charge is 1.97. The maximum atomic E-state index is 2.35. The van der Waals surface area contributed by atoms with Crippen molar-refractivity contribution in [1.82, 2.24) is 0 Å². The van der Waals surface area contributed by atoms with Crippen LogP contribution in [0.15, 0.2) is 11.6 Å². The lowest BCUT2D eigenvalue weighted by atomic mass is 10.0. The highest BCUT2D eigenvalue weighted by molar-refractivity contribution is 4.99. The van der Waals surface area contributed by atoms with Crippen LogP contribution < -0.4 is 0 Å². The minimum atomic E-state index is 1.35. The molecule has 0 aromatic rings. The zero-order chi connectivity index (χ0) is 11.4. The van der Waals surface area contributed by atoms with E-state index in [2.05, 4.69) is 26.8 Å². The standard InChI is InChI=1S/C15H30/c1-4-7-9-11-13-15(6-3)14-12-10-8-5-2/h6H,4-5,7-14H2,1-3H3. The predicted molar refractivity (Wildman–Crippen MR) is 71.3 cm³/mol. The molecule has 15 heavy (non-hydrogen) atoms. The van der Waals surface area contributed by atoms with Gasteiger partial charge >= 0.3 is 0 Å². The number of rotatable bonds is 10. The van der Waals surface area contributed by atoms with Gasteiger partial charge < -0.3 is 0 Å².